The number of aromatic nitrogens is 4. The van der Waals surface area contributed by atoms with E-state index in [0.29, 0.717) is 18.3 Å². The molecule has 1 amide bonds. The monoisotopic (exact) mass is 348 g/mol. The number of carbonyl (C=O) groups is 1. The first-order chi connectivity index (χ1) is 12.7. The minimum atomic E-state index is -0.150. The number of nitrogens with zero attached hydrogens (tertiary/aromatic N) is 5. The smallest absolute Gasteiger partial charge is 0.287 e. The molecule has 0 saturated carbocycles. The van der Waals surface area contributed by atoms with E-state index in [1.54, 1.807) is 23.2 Å². The minimum absolute atomic E-state index is 0.0585. The summed E-state index contributed by atoms with van der Waals surface area (Å²) < 4.78 is 1.72. The van der Waals surface area contributed by atoms with Gasteiger partial charge in [-0.1, -0.05) is 30.3 Å². The van der Waals surface area contributed by atoms with Gasteiger partial charge in [0, 0.05) is 50.3 Å². The molecular weight excluding hydrogens is 328 g/mol. The summed E-state index contributed by atoms with van der Waals surface area (Å²) in [5, 5.41) is 3.05. The number of nitrogens with one attached hydrogen (secondary N) is 1. The van der Waals surface area contributed by atoms with Crippen LogP contribution in [0, 0.1) is 0 Å². The summed E-state index contributed by atoms with van der Waals surface area (Å²) in [7, 11) is 1.81. The van der Waals surface area contributed by atoms with Crippen LogP contribution in [0.2, 0.25) is 0 Å². The molecule has 0 bridgehead atoms. The van der Waals surface area contributed by atoms with Crippen LogP contribution >= 0.6 is 0 Å². The van der Waals surface area contributed by atoms with E-state index in [2.05, 4.69) is 25.2 Å². The molecule has 1 fully saturated rings. The molecular formula is C19H20N6O. The number of hydrogen-bond acceptors (Lipinski definition) is 5. The molecule has 7 heteroatoms. The van der Waals surface area contributed by atoms with Crippen molar-refractivity contribution in [1.29, 1.82) is 0 Å². The van der Waals surface area contributed by atoms with Crippen LogP contribution in [0.25, 0.3) is 11.3 Å². The molecule has 0 spiro atoms. The van der Waals surface area contributed by atoms with Crippen LogP contribution in [0.1, 0.15) is 17.0 Å². The quantitative estimate of drug-likeness (QED) is 0.779. The highest BCUT2D eigenvalue weighted by Gasteiger charge is 2.27. The Morgan fingerprint density at radius 3 is 2.77 bits per heavy atom. The van der Waals surface area contributed by atoms with Gasteiger partial charge in [0.25, 0.3) is 5.91 Å². The van der Waals surface area contributed by atoms with Crippen LogP contribution in [0.3, 0.4) is 0 Å². The summed E-state index contributed by atoms with van der Waals surface area (Å²) in [4.78, 5) is 27.6. The topological polar surface area (TPSA) is 75.9 Å². The molecule has 0 aliphatic carbocycles. The average molecular weight is 348 g/mol. The third-order valence-corrected chi connectivity index (χ3v) is 4.54. The molecule has 3 aromatic rings. The third kappa shape index (κ3) is 3.28. The van der Waals surface area contributed by atoms with Gasteiger partial charge in [0.1, 0.15) is 0 Å². The zero-order valence-corrected chi connectivity index (χ0v) is 14.5. The first kappa shape index (κ1) is 16.3. The Morgan fingerprint density at radius 1 is 1.15 bits per heavy atom. The van der Waals surface area contributed by atoms with Crippen LogP contribution in [0.4, 0.5) is 5.95 Å². The molecule has 1 aromatic carbocycles. The van der Waals surface area contributed by atoms with E-state index < -0.39 is 0 Å². The molecule has 1 unspecified atom stereocenters. The number of anilines is 1. The van der Waals surface area contributed by atoms with Gasteiger partial charge in [-0.25, -0.2) is 15.0 Å². The van der Waals surface area contributed by atoms with Crippen LogP contribution in [0.5, 0.6) is 0 Å². The lowest BCUT2D eigenvalue weighted by atomic mass is 10.1. The summed E-state index contributed by atoms with van der Waals surface area (Å²) in [6.45, 7) is 1.50. The summed E-state index contributed by atoms with van der Waals surface area (Å²) in [5.74, 6) is 0.967. The summed E-state index contributed by atoms with van der Waals surface area (Å²) in [5.41, 5.74) is 1.96. The van der Waals surface area contributed by atoms with Crippen molar-refractivity contribution in [3.8, 4) is 11.3 Å². The number of benzene rings is 1. The minimum Gasteiger partial charge on any atom is -0.345 e. The molecule has 4 rings (SSSR count). The number of amides is 1. The maximum atomic E-state index is 12.3. The second-order valence-electron chi connectivity index (χ2n) is 6.37. The lowest BCUT2D eigenvalue weighted by molar-refractivity contribution is 0.0927. The van der Waals surface area contributed by atoms with Crippen LogP contribution in [-0.4, -0.2) is 44.6 Å². The SMILES string of the molecule is Cn1ccnc1C(=O)NC1CCN(c2nccc(-c3ccccc3)n2)C1. The molecule has 2 aromatic heterocycles. The van der Waals surface area contributed by atoms with Gasteiger partial charge in [0.15, 0.2) is 5.82 Å². The molecule has 132 valence electrons. The molecule has 1 saturated heterocycles. The number of rotatable bonds is 4. The van der Waals surface area contributed by atoms with Crippen molar-refractivity contribution in [3.63, 3.8) is 0 Å². The van der Waals surface area contributed by atoms with Gasteiger partial charge >= 0.3 is 0 Å². The van der Waals surface area contributed by atoms with Gasteiger partial charge in [0.05, 0.1) is 5.69 Å². The van der Waals surface area contributed by atoms with E-state index in [9.17, 15) is 4.79 Å². The normalized spacial score (nSPS) is 16.7. The molecule has 7 nitrogen and oxygen atoms in total. The van der Waals surface area contributed by atoms with Crippen LogP contribution in [-0.2, 0) is 7.05 Å². The number of carbonyl (C=O) groups excluding carboxylic acids is 1. The zero-order valence-electron chi connectivity index (χ0n) is 14.5. The predicted molar refractivity (Wildman–Crippen MR) is 98.8 cm³/mol. The largest absolute Gasteiger partial charge is 0.345 e. The standard InChI is InChI=1S/C19H20N6O/c1-24-12-10-20-17(24)18(26)22-15-8-11-25(13-15)19-21-9-7-16(23-19)14-5-3-2-4-6-14/h2-7,9-10,12,15H,8,11,13H2,1H3,(H,22,26). The molecule has 26 heavy (non-hydrogen) atoms. The van der Waals surface area contributed by atoms with Gasteiger partial charge in [-0.2, -0.15) is 0 Å². The van der Waals surface area contributed by atoms with Gasteiger partial charge in [-0.15, -0.1) is 0 Å². The predicted octanol–water partition coefficient (Wildman–Crippen LogP) is 1.89. The second-order valence-corrected chi connectivity index (χ2v) is 6.37. The van der Waals surface area contributed by atoms with E-state index in [1.165, 1.54) is 0 Å². The second kappa shape index (κ2) is 6.95. The fraction of sp³-hybridized carbons (Fsp3) is 0.263. The molecule has 1 N–H and O–H groups in total. The van der Waals surface area contributed by atoms with Crippen molar-refractivity contribution < 1.29 is 4.79 Å². The average Bonchev–Trinajstić information content (AvgIpc) is 3.31. The Kier molecular flexibility index (Phi) is 4.35. The lowest BCUT2D eigenvalue weighted by Crippen LogP contribution is -2.38. The zero-order chi connectivity index (χ0) is 17.9. The van der Waals surface area contributed by atoms with E-state index in [4.69, 9.17) is 0 Å². The Balaban J connectivity index is 1.44. The Labute approximate surface area is 151 Å². The first-order valence-electron chi connectivity index (χ1n) is 8.62. The molecule has 0 radical (unpaired) electrons. The summed E-state index contributed by atoms with van der Waals surface area (Å²) in [6.07, 6.45) is 6.02. The molecule has 1 atom stereocenters. The van der Waals surface area contributed by atoms with E-state index in [0.717, 1.165) is 24.2 Å². The Morgan fingerprint density at radius 2 is 2.00 bits per heavy atom. The Bertz CT molecular complexity index is 907. The summed E-state index contributed by atoms with van der Waals surface area (Å²) in [6, 6.07) is 12.0. The van der Waals surface area contributed by atoms with Crippen molar-refractivity contribution in [2.45, 2.75) is 12.5 Å². The van der Waals surface area contributed by atoms with Gasteiger partial charge in [-0.3, -0.25) is 4.79 Å². The third-order valence-electron chi connectivity index (χ3n) is 4.54. The number of hydrogen-bond donors (Lipinski definition) is 1. The molecule has 1 aliphatic rings. The fourth-order valence-electron chi connectivity index (χ4n) is 3.16. The van der Waals surface area contributed by atoms with Gasteiger partial charge in [-0.05, 0) is 12.5 Å². The van der Waals surface area contributed by atoms with Gasteiger partial charge in [0.2, 0.25) is 5.95 Å². The van der Waals surface area contributed by atoms with Crippen molar-refractivity contribution in [1.82, 2.24) is 24.8 Å². The first-order valence-corrected chi connectivity index (χ1v) is 8.62. The van der Waals surface area contributed by atoms with E-state index in [-0.39, 0.29) is 11.9 Å². The lowest BCUT2D eigenvalue weighted by Gasteiger charge is -2.17. The van der Waals surface area contributed by atoms with E-state index in [1.807, 2.05) is 43.4 Å². The van der Waals surface area contributed by atoms with Crippen molar-refractivity contribution >= 4 is 11.9 Å². The van der Waals surface area contributed by atoms with Crippen molar-refractivity contribution in [3.05, 3.63) is 60.8 Å². The van der Waals surface area contributed by atoms with Crippen LogP contribution < -0.4 is 10.2 Å². The van der Waals surface area contributed by atoms with E-state index >= 15 is 0 Å². The highest BCUT2D eigenvalue weighted by molar-refractivity contribution is 5.91. The molecule has 3 heterocycles. The fourth-order valence-corrected chi connectivity index (χ4v) is 3.16. The number of imidazole rings is 1. The summed E-state index contributed by atoms with van der Waals surface area (Å²) >= 11 is 0. The highest BCUT2D eigenvalue weighted by atomic mass is 16.2. The Hall–Kier alpha value is -3.22. The maximum Gasteiger partial charge on any atom is 0.287 e. The van der Waals surface area contributed by atoms with Crippen molar-refractivity contribution in [2.75, 3.05) is 18.0 Å². The molecule has 1 aliphatic heterocycles. The maximum absolute atomic E-state index is 12.3. The van der Waals surface area contributed by atoms with Gasteiger partial charge < -0.3 is 14.8 Å². The highest BCUT2D eigenvalue weighted by Crippen LogP contribution is 2.21. The number of aryl methyl sites for hydroxylation is 1. The van der Waals surface area contributed by atoms with Crippen LogP contribution in [0.15, 0.2) is 55.0 Å². The van der Waals surface area contributed by atoms with Crippen molar-refractivity contribution in [2.24, 2.45) is 7.05 Å².